The monoisotopic (exact) mass is 445 g/mol. The number of ether oxygens (including phenoxy) is 3. The Balaban J connectivity index is 1.63. The Morgan fingerprint density at radius 2 is 1.73 bits per heavy atom. The number of methoxy groups -OCH3 is 1. The van der Waals surface area contributed by atoms with Crippen LogP contribution in [-0.4, -0.2) is 19.6 Å². The lowest BCUT2D eigenvalue weighted by atomic mass is 10.1. The quantitative estimate of drug-likeness (QED) is 0.274. The van der Waals surface area contributed by atoms with Crippen LogP contribution in [0.4, 0.5) is 5.69 Å². The molecule has 1 amide bonds. The van der Waals surface area contributed by atoms with Crippen molar-refractivity contribution in [2.45, 2.75) is 33.3 Å². The number of amides is 1. The van der Waals surface area contributed by atoms with E-state index in [0.29, 0.717) is 36.1 Å². The van der Waals surface area contributed by atoms with Crippen molar-refractivity contribution in [3.8, 4) is 17.2 Å². The van der Waals surface area contributed by atoms with E-state index in [2.05, 4.69) is 25.2 Å². The first kappa shape index (κ1) is 23.9. The largest absolute Gasteiger partial charge is 0.493 e. The topological polar surface area (TPSA) is 56.8 Å². The average Bonchev–Trinajstić information content (AvgIpc) is 2.83. The van der Waals surface area contributed by atoms with E-state index < -0.39 is 0 Å². The van der Waals surface area contributed by atoms with Gasteiger partial charge in [0.15, 0.2) is 11.5 Å². The van der Waals surface area contributed by atoms with Gasteiger partial charge in [-0.3, -0.25) is 4.79 Å². The van der Waals surface area contributed by atoms with Crippen LogP contribution in [0.25, 0.3) is 6.08 Å². The summed E-state index contributed by atoms with van der Waals surface area (Å²) in [6.45, 7) is 5.25. The molecular weight excluding hydrogens is 414 g/mol. The van der Waals surface area contributed by atoms with E-state index in [1.54, 1.807) is 13.2 Å². The fraction of sp³-hybridized carbons (Fsp3) is 0.250. The van der Waals surface area contributed by atoms with Crippen LogP contribution in [0.3, 0.4) is 0 Å². The van der Waals surface area contributed by atoms with Crippen LogP contribution >= 0.6 is 0 Å². The number of rotatable bonds is 11. The number of carbonyl (C=O) groups excluding carboxylic acids is 1. The van der Waals surface area contributed by atoms with E-state index in [0.717, 1.165) is 24.0 Å². The van der Waals surface area contributed by atoms with E-state index in [1.807, 2.05) is 60.7 Å². The third-order valence-corrected chi connectivity index (χ3v) is 5.16. The van der Waals surface area contributed by atoms with Crippen LogP contribution in [-0.2, 0) is 11.4 Å². The second-order valence-electron chi connectivity index (χ2n) is 7.65. The van der Waals surface area contributed by atoms with Gasteiger partial charge in [0.05, 0.1) is 19.4 Å². The number of para-hydroxylation sites is 2. The van der Waals surface area contributed by atoms with Crippen LogP contribution in [0.2, 0.25) is 0 Å². The lowest BCUT2D eigenvalue weighted by Gasteiger charge is -2.13. The fourth-order valence-corrected chi connectivity index (χ4v) is 3.20. The molecule has 3 aromatic rings. The molecule has 0 spiro atoms. The second-order valence-corrected chi connectivity index (χ2v) is 7.65. The van der Waals surface area contributed by atoms with E-state index in [1.165, 1.54) is 11.6 Å². The summed E-state index contributed by atoms with van der Waals surface area (Å²) in [6, 6.07) is 21.1. The van der Waals surface area contributed by atoms with Gasteiger partial charge in [-0.2, -0.15) is 0 Å². The first-order valence-corrected chi connectivity index (χ1v) is 11.2. The number of hydrogen-bond donors (Lipinski definition) is 1. The zero-order chi connectivity index (χ0) is 23.5. The molecule has 0 heterocycles. The molecule has 1 N–H and O–H groups in total. The number of benzene rings is 3. The molecule has 0 radical (unpaired) electrons. The minimum atomic E-state index is -0.236. The Labute approximate surface area is 196 Å². The molecule has 0 fully saturated rings. The second kappa shape index (κ2) is 12.3. The van der Waals surface area contributed by atoms with E-state index in [4.69, 9.17) is 14.2 Å². The molecule has 0 atom stereocenters. The normalized spacial score (nSPS) is 10.8. The van der Waals surface area contributed by atoms with Gasteiger partial charge >= 0.3 is 0 Å². The van der Waals surface area contributed by atoms with Crippen molar-refractivity contribution in [3.63, 3.8) is 0 Å². The number of anilines is 1. The smallest absolute Gasteiger partial charge is 0.248 e. The van der Waals surface area contributed by atoms with Crippen molar-refractivity contribution in [3.05, 3.63) is 89.5 Å². The van der Waals surface area contributed by atoms with Crippen molar-refractivity contribution in [1.29, 1.82) is 0 Å². The summed E-state index contributed by atoms with van der Waals surface area (Å²) < 4.78 is 17.2. The van der Waals surface area contributed by atoms with Crippen LogP contribution in [0, 0.1) is 6.92 Å². The van der Waals surface area contributed by atoms with Crippen LogP contribution in [0.1, 0.15) is 36.5 Å². The Kier molecular flexibility index (Phi) is 8.95. The maximum atomic E-state index is 12.5. The lowest BCUT2D eigenvalue weighted by Crippen LogP contribution is -2.09. The molecule has 33 heavy (non-hydrogen) atoms. The average molecular weight is 446 g/mol. The summed E-state index contributed by atoms with van der Waals surface area (Å²) in [6.07, 6.45) is 5.25. The van der Waals surface area contributed by atoms with Crippen molar-refractivity contribution < 1.29 is 19.0 Å². The molecular formula is C28H31NO4. The van der Waals surface area contributed by atoms with Crippen molar-refractivity contribution in [1.82, 2.24) is 0 Å². The van der Waals surface area contributed by atoms with Crippen LogP contribution in [0.5, 0.6) is 17.2 Å². The number of unbranched alkanes of at least 4 members (excludes halogenated alkanes) is 1. The molecule has 5 nitrogen and oxygen atoms in total. The minimum Gasteiger partial charge on any atom is -0.493 e. The summed E-state index contributed by atoms with van der Waals surface area (Å²) in [5.41, 5.74) is 3.79. The predicted molar refractivity (Wildman–Crippen MR) is 133 cm³/mol. The first-order valence-electron chi connectivity index (χ1n) is 11.2. The van der Waals surface area contributed by atoms with Gasteiger partial charge in [-0.15, -0.1) is 0 Å². The Hall–Kier alpha value is -3.73. The molecule has 3 aromatic carbocycles. The molecule has 0 bridgehead atoms. The summed E-state index contributed by atoms with van der Waals surface area (Å²) in [5.74, 6) is 1.70. The number of hydrogen-bond acceptors (Lipinski definition) is 4. The molecule has 0 aromatic heterocycles. The molecule has 0 aliphatic carbocycles. The SMILES string of the molecule is CCCCOc1ccccc1NC(=O)/C=C/c1ccc(OCc2ccccc2C)c(OC)c1. The number of aryl methyl sites for hydroxylation is 1. The van der Waals surface area contributed by atoms with Gasteiger partial charge in [0, 0.05) is 6.08 Å². The van der Waals surface area contributed by atoms with Gasteiger partial charge in [0.25, 0.3) is 0 Å². The molecule has 0 aliphatic rings. The van der Waals surface area contributed by atoms with Gasteiger partial charge < -0.3 is 19.5 Å². The zero-order valence-corrected chi connectivity index (χ0v) is 19.5. The Morgan fingerprint density at radius 3 is 2.52 bits per heavy atom. The van der Waals surface area contributed by atoms with E-state index >= 15 is 0 Å². The summed E-state index contributed by atoms with van der Waals surface area (Å²) in [4.78, 5) is 12.5. The molecule has 5 heteroatoms. The predicted octanol–water partition coefficient (Wildman–Crippen LogP) is 6.41. The minimum absolute atomic E-state index is 0.236. The molecule has 172 valence electrons. The van der Waals surface area contributed by atoms with Gasteiger partial charge in [-0.1, -0.05) is 55.8 Å². The number of carbonyl (C=O) groups is 1. The van der Waals surface area contributed by atoms with Gasteiger partial charge in [-0.25, -0.2) is 0 Å². The molecule has 3 rings (SSSR count). The maximum absolute atomic E-state index is 12.5. The lowest BCUT2D eigenvalue weighted by molar-refractivity contribution is -0.111. The van der Waals surface area contributed by atoms with E-state index in [9.17, 15) is 4.79 Å². The third-order valence-electron chi connectivity index (χ3n) is 5.16. The van der Waals surface area contributed by atoms with Crippen molar-refractivity contribution >= 4 is 17.7 Å². The first-order chi connectivity index (χ1) is 16.1. The van der Waals surface area contributed by atoms with Crippen molar-refractivity contribution in [2.24, 2.45) is 0 Å². The van der Waals surface area contributed by atoms with Crippen LogP contribution in [0.15, 0.2) is 72.8 Å². The summed E-state index contributed by atoms with van der Waals surface area (Å²) in [7, 11) is 1.60. The Bertz CT molecular complexity index is 1090. The van der Waals surface area contributed by atoms with Gasteiger partial charge in [0.2, 0.25) is 5.91 Å². The van der Waals surface area contributed by atoms with E-state index in [-0.39, 0.29) is 5.91 Å². The Morgan fingerprint density at radius 1 is 0.939 bits per heavy atom. The van der Waals surface area contributed by atoms with Crippen LogP contribution < -0.4 is 19.5 Å². The van der Waals surface area contributed by atoms with Gasteiger partial charge in [0.1, 0.15) is 12.4 Å². The third kappa shape index (κ3) is 7.14. The molecule has 0 unspecified atom stereocenters. The standard InChI is InChI=1S/C28H31NO4/c1-4-5-18-32-25-13-9-8-12-24(25)29-28(30)17-15-22-14-16-26(27(19-22)31-3)33-20-23-11-7-6-10-21(23)2/h6-17,19H,4-5,18,20H2,1-3H3,(H,29,30)/b17-15+. The number of nitrogens with one attached hydrogen (secondary N) is 1. The summed E-state index contributed by atoms with van der Waals surface area (Å²) >= 11 is 0. The highest BCUT2D eigenvalue weighted by molar-refractivity contribution is 6.02. The summed E-state index contributed by atoms with van der Waals surface area (Å²) in [5, 5.41) is 2.88. The highest BCUT2D eigenvalue weighted by Gasteiger charge is 2.08. The maximum Gasteiger partial charge on any atom is 0.248 e. The highest BCUT2D eigenvalue weighted by Crippen LogP contribution is 2.30. The van der Waals surface area contributed by atoms with Crippen molar-refractivity contribution in [2.75, 3.05) is 19.0 Å². The fourth-order valence-electron chi connectivity index (χ4n) is 3.20. The molecule has 0 saturated carbocycles. The zero-order valence-electron chi connectivity index (χ0n) is 19.5. The molecule has 0 saturated heterocycles. The molecule has 0 aliphatic heterocycles. The highest BCUT2D eigenvalue weighted by atomic mass is 16.5. The van der Waals surface area contributed by atoms with Gasteiger partial charge in [-0.05, 0) is 60.4 Å².